The number of carbonyl (C=O) groups is 1. The quantitative estimate of drug-likeness (QED) is 0.740. The SMILES string of the molecule is C=C1CCN(c2cc(CN3CCCC4(CCN(CC(C)C)CC4)C3)ccc2C)C(=O)N1. The molecule has 2 amide bonds. The van der Waals surface area contributed by atoms with Crippen LogP contribution in [-0.2, 0) is 6.54 Å². The van der Waals surface area contributed by atoms with Gasteiger partial charge in [0.1, 0.15) is 0 Å². The van der Waals surface area contributed by atoms with E-state index in [1.807, 2.05) is 4.90 Å². The van der Waals surface area contributed by atoms with E-state index in [1.165, 1.54) is 64.0 Å². The Balaban J connectivity index is 1.40. The molecular weight excluding hydrogens is 384 g/mol. The minimum Gasteiger partial charge on any atom is -0.312 e. The molecule has 5 heteroatoms. The fourth-order valence-electron chi connectivity index (χ4n) is 5.74. The highest BCUT2D eigenvalue weighted by Gasteiger charge is 2.38. The first-order valence-corrected chi connectivity index (χ1v) is 12.1. The number of hydrogen-bond acceptors (Lipinski definition) is 3. The average molecular weight is 425 g/mol. The van der Waals surface area contributed by atoms with Crippen molar-refractivity contribution in [1.29, 1.82) is 0 Å². The molecule has 170 valence electrons. The molecule has 3 fully saturated rings. The maximum Gasteiger partial charge on any atom is 0.326 e. The Hall–Kier alpha value is -1.85. The van der Waals surface area contributed by atoms with Crippen molar-refractivity contribution in [2.24, 2.45) is 11.3 Å². The number of rotatable bonds is 5. The first-order chi connectivity index (χ1) is 14.8. The third-order valence-corrected chi connectivity index (χ3v) is 7.42. The van der Waals surface area contributed by atoms with Gasteiger partial charge in [-0.05, 0) is 80.8 Å². The topological polar surface area (TPSA) is 38.8 Å². The Morgan fingerprint density at radius 3 is 2.58 bits per heavy atom. The summed E-state index contributed by atoms with van der Waals surface area (Å²) >= 11 is 0. The molecule has 0 aromatic heterocycles. The van der Waals surface area contributed by atoms with Crippen LogP contribution in [0, 0.1) is 18.3 Å². The van der Waals surface area contributed by atoms with Gasteiger partial charge in [0.25, 0.3) is 0 Å². The maximum atomic E-state index is 12.5. The molecule has 1 spiro atoms. The molecule has 0 aliphatic carbocycles. The van der Waals surface area contributed by atoms with E-state index in [1.54, 1.807) is 0 Å². The zero-order chi connectivity index (χ0) is 22.0. The molecule has 0 bridgehead atoms. The van der Waals surface area contributed by atoms with Gasteiger partial charge in [0.2, 0.25) is 0 Å². The van der Waals surface area contributed by atoms with E-state index < -0.39 is 0 Å². The van der Waals surface area contributed by atoms with Crippen LogP contribution in [0.15, 0.2) is 30.5 Å². The molecule has 0 radical (unpaired) electrons. The van der Waals surface area contributed by atoms with Gasteiger partial charge in [0.15, 0.2) is 0 Å². The summed E-state index contributed by atoms with van der Waals surface area (Å²) in [4.78, 5) is 19.7. The monoisotopic (exact) mass is 424 g/mol. The summed E-state index contributed by atoms with van der Waals surface area (Å²) in [5.74, 6) is 0.757. The second-order valence-corrected chi connectivity index (χ2v) is 10.6. The van der Waals surface area contributed by atoms with E-state index in [-0.39, 0.29) is 6.03 Å². The number of anilines is 1. The number of amides is 2. The smallest absolute Gasteiger partial charge is 0.312 e. The summed E-state index contributed by atoms with van der Waals surface area (Å²) in [5, 5.41) is 2.89. The zero-order valence-corrected chi connectivity index (χ0v) is 19.8. The number of benzene rings is 1. The maximum absolute atomic E-state index is 12.5. The van der Waals surface area contributed by atoms with Crippen LogP contribution in [0.2, 0.25) is 0 Å². The number of piperidine rings is 2. The zero-order valence-electron chi connectivity index (χ0n) is 19.8. The van der Waals surface area contributed by atoms with Crippen molar-refractivity contribution >= 4 is 11.7 Å². The Morgan fingerprint density at radius 2 is 1.87 bits per heavy atom. The van der Waals surface area contributed by atoms with Crippen LogP contribution in [0.4, 0.5) is 10.5 Å². The van der Waals surface area contributed by atoms with Crippen LogP contribution in [0.5, 0.6) is 0 Å². The lowest BCUT2D eigenvalue weighted by Crippen LogP contribution is -2.49. The Morgan fingerprint density at radius 1 is 1.10 bits per heavy atom. The molecule has 0 unspecified atom stereocenters. The average Bonchev–Trinajstić information content (AvgIpc) is 2.72. The first-order valence-electron chi connectivity index (χ1n) is 12.1. The van der Waals surface area contributed by atoms with E-state index in [0.717, 1.165) is 35.8 Å². The first kappa shape index (κ1) is 22.3. The van der Waals surface area contributed by atoms with Crippen LogP contribution >= 0.6 is 0 Å². The van der Waals surface area contributed by atoms with Crippen molar-refractivity contribution in [3.63, 3.8) is 0 Å². The number of nitrogens with one attached hydrogen (secondary N) is 1. The molecule has 1 aromatic carbocycles. The molecule has 4 rings (SSSR count). The van der Waals surface area contributed by atoms with Crippen molar-refractivity contribution in [3.05, 3.63) is 41.6 Å². The molecule has 3 aliphatic heterocycles. The highest BCUT2D eigenvalue weighted by Crippen LogP contribution is 2.40. The third-order valence-electron chi connectivity index (χ3n) is 7.42. The summed E-state index contributed by atoms with van der Waals surface area (Å²) in [7, 11) is 0. The van der Waals surface area contributed by atoms with Gasteiger partial charge >= 0.3 is 6.03 Å². The van der Waals surface area contributed by atoms with Gasteiger partial charge in [-0.1, -0.05) is 32.6 Å². The molecule has 1 N–H and O–H groups in total. The molecule has 3 aliphatic rings. The van der Waals surface area contributed by atoms with Crippen molar-refractivity contribution in [3.8, 4) is 0 Å². The summed E-state index contributed by atoms with van der Waals surface area (Å²) < 4.78 is 0. The lowest BCUT2D eigenvalue weighted by atomic mass is 9.72. The van der Waals surface area contributed by atoms with E-state index >= 15 is 0 Å². The van der Waals surface area contributed by atoms with Crippen LogP contribution in [0.1, 0.15) is 57.1 Å². The number of likely N-dealkylation sites (tertiary alicyclic amines) is 2. The Labute approximate surface area is 188 Å². The van der Waals surface area contributed by atoms with Crippen molar-refractivity contribution in [2.45, 2.75) is 59.4 Å². The summed E-state index contributed by atoms with van der Waals surface area (Å²) in [5.41, 5.74) is 4.82. The second kappa shape index (κ2) is 9.33. The van der Waals surface area contributed by atoms with Gasteiger partial charge in [-0.3, -0.25) is 9.80 Å². The lowest BCUT2D eigenvalue weighted by molar-refractivity contribution is 0.0179. The number of carbonyl (C=O) groups excluding carboxylic acids is 1. The van der Waals surface area contributed by atoms with Crippen LogP contribution in [-0.4, -0.2) is 55.1 Å². The Kier molecular flexibility index (Phi) is 6.73. The molecule has 5 nitrogen and oxygen atoms in total. The predicted octanol–water partition coefficient (Wildman–Crippen LogP) is 4.76. The van der Waals surface area contributed by atoms with Gasteiger partial charge in [-0.2, -0.15) is 0 Å². The van der Waals surface area contributed by atoms with Crippen LogP contribution < -0.4 is 10.2 Å². The standard InChI is InChI=1S/C26H40N4O/c1-20(2)17-28-14-10-26(11-15-28)9-5-12-29(19-26)18-23-7-6-21(3)24(16-23)30-13-8-22(4)27-25(30)31/h6-7,16,20H,4-5,8-15,17-19H2,1-3H3,(H,27,31). The summed E-state index contributed by atoms with van der Waals surface area (Å²) in [6, 6.07) is 6.59. The van der Waals surface area contributed by atoms with Gasteiger partial charge in [-0.15, -0.1) is 0 Å². The minimum absolute atomic E-state index is 0.0541. The molecular formula is C26H40N4O. The summed E-state index contributed by atoms with van der Waals surface area (Å²) in [6.45, 7) is 18.5. The van der Waals surface area contributed by atoms with Crippen LogP contribution in [0.3, 0.4) is 0 Å². The van der Waals surface area contributed by atoms with Crippen LogP contribution in [0.25, 0.3) is 0 Å². The van der Waals surface area contributed by atoms with E-state index in [9.17, 15) is 4.79 Å². The number of aryl methyl sites for hydroxylation is 1. The van der Waals surface area contributed by atoms with Crippen molar-refractivity contribution in [1.82, 2.24) is 15.1 Å². The van der Waals surface area contributed by atoms with Crippen molar-refractivity contribution in [2.75, 3.05) is 44.2 Å². The molecule has 1 aromatic rings. The number of urea groups is 1. The largest absolute Gasteiger partial charge is 0.326 e. The highest BCUT2D eigenvalue weighted by molar-refractivity contribution is 5.94. The fourth-order valence-corrected chi connectivity index (χ4v) is 5.74. The predicted molar refractivity (Wildman–Crippen MR) is 128 cm³/mol. The fraction of sp³-hybridized carbons (Fsp3) is 0.654. The van der Waals surface area contributed by atoms with E-state index in [2.05, 4.69) is 60.7 Å². The van der Waals surface area contributed by atoms with E-state index in [4.69, 9.17) is 0 Å². The van der Waals surface area contributed by atoms with E-state index in [0.29, 0.717) is 12.0 Å². The van der Waals surface area contributed by atoms with Crippen molar-refractivity contribution < 1.29 is 4.79 Å². The molecule has 0 atom stereocenters. The van der Waals surface area contributed by atoms with Gasteiger partial charge in [0, 0.05) is 44.0 Å². The number of nitrogens with zero attached hydrogens (tertiary/aromatic N) is 3. The molecule has 0 saturated carbocycles. The molecule has 31 heavy (non-hydrogen) atoms. The van der Waals surface area contributed by atoms with Gasteiger partial charge in [0.05, 0.1) is 0 Å². The third kappa shape index (κ3) is 5.32. The second-order valence-electron chi connectivity index (χ2n) is 10.6. The lowest BCUT2D eigenvalue weighted by Gasteiger charge is -2.48. The Bertz CT molecular complexity index is 810. The number of hydrogen-bond donors (Lipinski definition) is 1. The minimum atomic E-state index is -0.0541. The summed E-state index contributed by atoms with van der Waals surface area (Å²) in [6.07, 6.45) is 6.17. The molecule has 3 saturated heterocycles. The normalized spacial score (nSPS) is 22.9. The van der Waals surface area contributed by atoms with Gasteiger partial charge in [-0.25, -0.2) is 4.79 Å². The van der Waals surface area contributed by atoms with Gasteiger partial charge < -0.3 is 10.2 Å². The molecule has 3 heterocycles. The highest BCUT2D eigenvalue weighted by atomic mass is 16.2.